The van der Waals surface area contributed by atoms with E-state index >= 15 is 0 Å². The zero-order valence-electron chi connectivity index (χ0n) is 7.87. The van der Waals surface area contributed by atoms with Gasteiger partial charge in [-0.3, -0.25) is 0 Å². The van der Waals surface area contributed by atoms with Crippen molar-refractivity contribution in [2.24, 2.45) is 0 Å². The first kappa shape index (κ1) is 13.3. The topological polar surface area (TPSA) is 0 Å². The molecule has 0 heterocycles. The highest BCUT2D eigenvalue weighted by Crippen LogP contribution is 2.37. The van der Waals surface area contributed by atoms with Crippen LogP contribution in [0.1, 0.15) is 13.3 Å². The molecule has 0 aromatic heterocycles. The first-order valence-electron chi connectivity index (χ1n) is 4.20. The Morgan fingerprint density at radius 1 is 1.53 bits per heavy atom. The highest BCUT2D eigenvalue weighted by Gasteiger charge is 2.29. The minimum Gasteiger partial charge on any atom is -0.170 e. The Morgan fingerprint density at radius 2 is 2.13 bits per heavy atom. The zero-order valence-corrected chi connectivity index (χ0v) is 10.2. The Morgan fingerprint density at radius 3 is 2.67 bits per heavy atom. The number of alkyl halides is 4. The van der Waals surface area contributed by atoms with Gasteiger partial charge in [0.15, 0.2) is 0 Å². The first-order chi connectivity index (χ1) is 6.79. The molecule has 0 N–H and O–H groups in total. The standard InChI is InChI=1S/C9H9Cl2F3S/c1-5-2-8(7(11)3-6(5)10)15-4-9(12,13)14/h2,6H,3-4H2,1H3. The second-order valence-corrected chi connectivity index (χ2v) is 5.23. The summed E-state index contributed by atoms with van der Waals surface area (Å²) in [6, 6.07) is 0. The molecule has 0 saturated carbocycles. The maximum Gasteiger partial charge on any atom is 0.398 e. The summed E-state index contributed by atoms with van der Waals surface area (Å²) in [6.07, 6.45) is -2.14. The van der Waals surface area contributed by atoms with Crippen molar-refractivity contribution in [1.82, 2.24) is 0 Å². The van der Waals surface area contributed by atoms with Crippen LogP contribution in [0.5, 0.6) is 0 Å². The molecular formula is C9H9Cl2F3S. The molecule has 15 heavy (non-hydrogen) atoms. The predicted molar refractivity (Wildman–Crippen MR) is 59.4 cm³/mol. The lowest BCUT2D eigenvalue weighted by molar-refractivity contribution is -0.105. The lowest BCUT2D eigenvalue weighted by Gasteiger charge is -2.18. The summed E-state index contributed by atoms with van der Waals surface area (Å²) < 4.78 is 35.9. The number of halogens is 5. The minimum atomic E-state index is -4.17. The van der Waals surface area contributed by atoms with Crippen molar-refractivity contribution in [2.45, 2.75) is 24.9 Å². The smallest absolute Gasteiger partial charge is 0.170 e. The van der Waals surface area contributed by atoms with E-state index in [-0.39, 0.29) is 5.38 Å². The summed E-state index contributed by atoms with van der Waals surface area (Å²) in [5.41, 5.74) is 0.853. The average Bonchev–Trinajstić information content (AvgIpc) is 2.07. The van der Waals surface area contributed by atoms with Gasteiger partial charge in [-0.1, -0.05) is 17.2 Å². The fourth-order valence-electron chi connectivity index (χ4n) is 1.07. The first-order valence-corrected chi connectivity index (χ1v) is 6.00. The summed E-state index contributed by atoms with van der Waals surface area (Å²) in [7, 11) is 0. The highest BCUT2D eigenvalue weighted by atomic mass is 35.5. The SMILES string of the molecule is CC1=CC(SCC(F)(F)F)=C(Cl)CC1Cl. The van der Waals surface area contributed by atoms with Crippen LogP contribution in [-0.4, -0.2) is 17.3 Å². The Bertz CT molecular complexity index is 307. The van der Waals surface area contributed by atoms with E-state index in [2.05, 4.69) is 0 Å². The summed E-state index contributed by atoms with van der Waals surface area (Å²) in [4.78, 5) is 0.475. The molecular weight excluding hydrogens is 268 g/mol. The van der Waals surface area contributed by atoms with Crippen LogP contribution in [0, 0.1) is 0 Å². The van der Waals surface area contributed by atoms with Gasteiger partial charge in [-0.25, -0.2) is 0 Å². The van der Waals surface area contributed by atoms with Crippen LogP contribution >= 0.6 is 35.0 Å². The van der Waals surface area contributed by atoms with E-state index in [0.29, 0.717) is 28.1 Å². The van der Waals surface area contributed by atoms with Crippen molar-refractivity contribution in [3.63, 3.8) is 0 Å². The second kappa shape index (κ2) is 5.02. The number of hydrogen-bond donors (Lipinski definition) is 0. The monoisotopic (exact) mass is 276 g/mol. The quantitative estimate of drug-likeness (QED) is 0.660. The average molecular weight is 277 g/mol. The fourth-order valence-corrected chi connectivity index (χ4v) is 2.57. The predicted octanol–water partition coefficient (Wildman–Crippen LogP) is 4.69. The lowest BCUT2D eigenvalue weighted by Crippen LogP contribution is -2.12. The van der Waals surface area contributed by atoms with Gasteiger partial charge in [0.05, 0.1) is 11.1 Å². The summed E-state index contributed by atoms with van der Waals surface area (Å²) in [6.45, 7) is 1.79. The molecule has 86 valence electrons. The van der Waals surface area contributed by atoms with Crippen LogP contribution in [0.15, 0.2) is 21.6 Å². The third kappa shape index (κ3) is 4.29. The number of hydrogen-bond acceptors (Lipinski definition) is 1. The Balaban J connectivity index is 2.66. The van der Waals surface area contributed by atoms with Gasteiger partial charge in [-0.2, -0.15) is 13.2 Å². The van der Waals surface area contributed by atoms with Crippen LogP contribution in [0.3, 0.4) is 0 Å². The molecule has 0 aromatic carbocycles. The number of rotatable bonds is 2. The molecule has 0 aromatic rings. The molecule has 0 fully saturated rings. The van der Waals surface area contributed by atoms with Crippen LogP contribution < -0.4 is 0 Å². The molecule has 0 aliphatic heterocycles. The van der Waals surface area contributed by atoms with E-state index in [9.17, 15) is 13.2 Å². The molecule has 0 amide bonds. The second-order valence-electron chi connectivity index (χ2n) is 3.23. The number of thioether (sulfide) groups is 1. The van der Waals surface area contributed by atoms with Crippen molar-refractivity contribution < 1.29 is 13.2 Å². The summed E-state index contributed by atoms with van der Waals surface area (Å²) in [5, 5.41) is 0.211. The van der Waals surface area contributed by atoms with Gasteiger partial charge < -0.3 is 0 Å². The van der Waals surface area contributed by atoms with Crippen molar-refractivity contribution in [1.29, 1.82) is 0 Å². The van der Waals surface area contributed by atoms with Gasteiger partial charge in [-0.05, 0) is 13.0 Å². The molecule has 6 heteroatoms. The maximum atomic E-state index is 12.0. The van der Waals surface area contributed by atoms with E-state index in [1.807, 2.05) is 0 Å². The molecule has 1 rings (SSSR count). The molecule has 0 spiro atoms. The van der Waals surface area contributed by atoms with Crippen molar-refractivity contribution in [3.05, 3.63) is 21.6 Å². The van der Waals surface area contributed by atoms with Crippen LogP contribution in [0.4, 0.5) is 13.2 Å². The normalized spacial score (nSPS) is 23.1. The van der Waals surface area contributed by atoms with E-state index < -0.39 is 11.9 Å². The molecule has 1 atom stereocenters. The third-order valence-electron chi connectivity index (χ3n) is 1.87. The molecule has 0 bridgehead atoms. The van der Waals surface area contributed by atoms with Crippen molar-refractivity contribution in [2.75, 3.05) is 5.75 Å². The molecule has 0 saturated heterocycles. The van der Waals surface area contributed by atoms with Crippen LogP contribution in [-0.2, 0) is 0 Å². The molecule has 0 nitrogen and oxygen atoms in total. The van der Waals surface area contributed by atoms with Crippen molar-refractivity contribution >= 4 is 35.0 Å². The van der Waals surface area contributed by atoms with E-state index in [0.717, 1.165) is 5.57 Å². The van der Waals surface area contributed by atoms with Crippen LogP contribution in [0.25, 0.3) is 0 Å². The Kier molecular flexibility index (Phi) is 4.44. The third-order valence-corrected chi connectivity index (χ3v) is 3.99. The van der Waals surface area contributed by atoms with E-state index in [4.69, 9.17) is 23.2 Å². The highest BCUT2D eigenvalue weighted by molar-refractivity contribution is 8.03. The van der Waals surface area contributed by atoms with E-state index in [1.54, 1.807) is 13.0 Å². The van der Waals surface area contributed by atoms with Gasteiger partial charge >= 0.3 is 6.18 Å². The molecule has 1 aliphatic carbocycles. The summed E-state index contributed by atoms with van der Waals surface area (Å²) >= 11 is 12.4. The Hall–Kier alpha value is 0.200. The van der Waals surface area contributed by atoms with Crippen LogP contribution in [0.2, 0.25) is 0 Å². The minimum absolute atomic E-state index is 0.201. The van der Waals surface area contributed by atoms with E-state index in [1.165, 1.54) is 0 Å². The van der Waals surface area contributed by atoms with Gasteiger partial charge in [0.2, 0.25) is 0 Å². The Labute approximate surface area is 100 Å². The molecule has 0 radical (unpaired) electrons. The van der Waals surface area contributed by atoms with Gasteiger partial charge in [0.25, 0.3) is 0 Å². The maximum absolute atomic E-state index is 12.0. The molecule has 1 unspecified atom stereocenters. The van der Waals surface area contributed by atoms with Gasteiger partial charge in [0, 0.05) is 16.4 Å². The largest absolute Gasteiger partial charge is 0.398 e. The molecule has 1 aliphatic rings. The van der Waals surface area contributed by atoms with Gasteiger partial charge in [-0.15, -0.1) is 23.4 Å². The lowest BCUT2D eigenvalue weighted by atomic mass is 10.1. The fraction of sp³-hybridized carbons (Fsp3) is 0.556. The zero-order chi connectivity index (χ0) is 11.6. The summed E-state index contributed by atoms with van der Waals surface area (Å²) in [5.74, 6) is -0.921. The van der Waals surface area contributed by atoms with Gasteiger partial charge in [0.1, 0.15) is 0 Å². The number of allylic oxidation sites excluding steroid dienone is 3. The van der Waals surface area contributed by atoms with Crippen molar-refractivity contribution in [3.8, 4) is 0 Å².